The largest absolute Gasteiger partial charge is 0.472 e. The third-order valence-corrected chi connectivity index (χ3v) is 17.7. The summed E-state index contributed by atoms with van der Waals surface area (Å²) in [6.07, 6.45) is 43.3. The molecule has 3 N–H and O–H groups in total. The van der Waals surface area contributed by atoms with E-state index in [1.165, 1.54) is 148 Å². The normalized spacial score (nSPS) is 14.5. The number of ether oxygens (including phenoxy) is 4. The van der Waals surface area contributed by atoms with Gasteiger partial charge >= 0.3 is 39.5 Å². The first kappa shape index (κ1) is 84.1. The fourth-order valence-electron chi connectivity index (χ4n) is 10.0. The Morgan fingerprint density at radius 2 is 0.593 bits per heavy atom. The summed E-state index contributed by atoms with van der Waals surface area (Å²) in [6, 6.07) is 0. The van der Waals surface area contributed by atoms with E-state index in [-0.39, 0.29) is 25.7 Å². The van der Waals surface area contributed by atoms with Crippen molar-refractivity contribution in [3.05, 3.63) is 0 Å². The highest BCUT2D eigenvalue weighted by Crippen LogP contribution is 2.45. The van der Waals surface area contributed by atoms with Gasteiger partial charge in [-0.25, -0.2) is 9.13 Å². The molecule has 17 nitrogen and oxygen atoms in total. The Hall–Kier alpha value is -1.94. The van der Waals surface area contributed by atoms with E-state index < -0.39 is 97.5 Å². The third-order valence-electron chi connectivity index (χ3n) is 15.8. The number of hydrogen-bond donors (Lipinski definition) is 3. The van der Waals surface area contributed by atoms with Crippen LogP contribution in [0.25, 0.3) is 0 Å². The average Bonchev–Trinajstić information content (AvgIpc) is 3.69. The molecule has 0 fully saturated rings. The predicted octanol–water partition coefficient (Wildman–Crippen LogP) is 18.8. The van der Waals surface area contributed by atoms with Crippen molar-refractivity contribution in [2.75, 3.05) is 39.6 Å². The Balaban J connectivity index is 5.17. The van der Waals surface area contributed by atoms with E-state index in [1.54, 1.807) is 0 Å². The quantitative estimate of drug-likeness (QED) is 0.0222. The van der Waals surface area contributed by atoms with E-state index in [0.29, 0.717) is 25.7 Å². The number of aliphatic hydroxyl groups excluding tert-OH is 1. The molecule has 86 heavy (non-hydrogen) atoms. The lowest BCUT2D eigenvalue weighted by Gasteiger charge is -2.21. The molecule has 0 saturated carbocycles. The van der Waals surface area contributed by atoms with Gasteiger partial charge in [-0.05, 0) is 37.5 Å². The molecule has 0 rings (SSSR count). The summed E-state index contributed by atoms with van der Waals surface area (Å²) in [5.41, 5.74) is 0. The van der Waals surface area contributed by atoms with Crippen LogP contribution in [0, 0.1) is 11.8 Å². The summed E-state index contributed by atoms with van der Waals surface area (Å²) in [5, 5.41) is 10.5. The molecule has 0 aliphatic rings. The maximum Gasteiger partial charge on any atom is 0.472 e. The SMILES string of the molecule is CCCCCCCCCCCCC(=O)O[C@H](COC(=O)CCCCCCC)COP(=O)(O)OC[C@H](O)COP(=O)(O)OC[C@@H](COC(=O)CCCCCCCCCCCCC(C)CC)OC(=O)CCCCCCCCCCCCCCCCC(C)C. The number of unbranched alkanes of at least 4 members (excludes halogenated alkanes) is 35. The zero-order valence-corrected chi connectivity index (χ0v) is 57.4. The number of esters is 4. The van der Waals surface area contributed by atoms with Crippen molar-refractivity contribution in [3.8, 4) is 0 Å². The van der Waals surface area contributed by atoms with Crippen LogP contribution in [-0.4, -0.2) is 96.7 Å². The second-order valence-corrected chi connectivity index (χ2v) is 27.8. The third kappa shape index (κ3) is 59.7. The van der Waals surface area contributed by atoms with Gasteiger partial charge in [0.25, 0.3) is 0 Å². The minimum atomic E-state index is -4.95. The predicted molar refractivity (Wildman–Crippen MR) is 345 cm³/mol. The molecule has 0 aliphatic heterocycles. The van der Waals surface area contributed by atoms with Crippen molar-refractivity contribution in [2.24, 2.45) is 11.8 Å². The lowest BCUT2D eigenvalue weighted by atomic mass is 9.99. The molecule has 0 aliphatic carbocycles. The molecule has 6 atom stereocenters. The number of carbonyl (C=O) groups excluding carboxylic acids is 4. The Morgan fingerprint density at radius 3 is 0.884 bits per heavy atom. The minimum absolute atomic E-state index is 0.105. The van der Waals surface area contributed by atoms with E-state index in [4.69, 9.17) is 37.0 Å². The van der Waals surface area contributed by atoms with Gasteiger partial charge < -0.3 is 33.8 Å². The summed E-state index contributed by atoms with van der Waals surface area (Å²) >= 11 is 0. The Bertz CT molecular complexity index is 1690. The van der Waals surface area contributed by atoms with E-state index >= 15 is 0 Å². The van der Waals surface area contributed by atoms with Crippen molar-refractivity contribution < 1.29 is 80.2 Å². The molecule has 0 aromatic carbocycles. The molecule has 0 aromatic rings. The molecule has 0 bridgehead atoms. The fraction of sp³-hybridized carbons (Fsp3) is 0.940. The summed E-state index contributed by atoms with van der Waals surface area (Å²) in [6.45, 7) is 9.48. The zero-order chi connectivity index (χ0) is 63.6. The molecule has 0 amide bonds. The summed E-state index contributed by atoms with van der Waals surface area (Å²) in [5.74, 6) is -0.535. The maximum absolute atomic E-state index is 13.0. The number of aliphatic hydroxyl groups is 1. The van der Waals surface area contributed by atoms with Gasteiger partial charge in [0.05, 0.1) is 26.4 Å². The number of carbonyl (C=O) groups is 4. The summed E-state index contributed by atoms with van der Waals surface area (Å²) in [4.78, 5) is 72.1. The second kappa shape index (κ2) is 59.4. The lowest BCUT2D eigenvalue weighted by molar-refractivity contribution is -0.161. The van der Waals surface area contributed by atoms with Crippen LogP contribution in [-0.2, 0) is 65.4 Å². The van der Waals surface area contributed by atoms with Crippen molar-refractivity contribution >= 4 is 39.5 Å². The number of hydrogen-bond acceptors (Lipinski definition) is 15. The highest BCUT2D eigenvalue weighted by Gasteiger charge is 2.30. The second-order valence-electron chi connectivity index (χ2n) is 24.9. The molecule has 0 aromatic heterocycles. The first-order chi connectivity index (χ1) is 41.4. The van der Waals surface area contributed by atoms with Crippen molar-refractivity contribution in [1.82, 2.24) is 0 Å². The lowest BCUT2D eigenvalue weighted by Crippen LogP contribution is -2.30. The number of phosphoric acid groups is 2. The van der Waals surface area contributed by atoms with Gasteiger partial charge in [0.1, 0.15) is 19.3 Å². The van der Waals surface area contributed by atoms with Crippen molar-refractivity contribution in [2.45, 2.75) is 355 Å². The molecule has 510 valence electrons. The van der Waals surface area contributed by atoms with Crippen LogP contribution in [0.1, 0.15) is 337 Å². The molecule has 19 heteroatoms. The van der Waals surface area contributed by atoms with Crippen LogP contribution in [0.4, 0.5) is 0 Å². The summed E-state index contributed by atoms with van der Waals surface area (Å²) < 4.78 is 67.9. The molecule has 0 heterocycles. The number of phosphoric ester groups is 2. The highest BCUT2D eigenvalue weighted by atomic mass is 31.2. The summed E-state index contributed by atoms with van der Waals surface area (Å²) in [7, 11) is -9.88. The first-order valence-electron chi connectivity index (χ1n) is 35.0. The number of rotatable bonds is 66. The van der Waals surface area contributed by atoms with Crippen LogP contribution in [0.3, 0.4) is 0 Å². The smallest absolute Gasteiger partial charge is 0.462 e. The van der Waals surface area contributed by atoms with E-state index in [0.717, 1.165) is 108 Å². The van der Waals surface area contributed by atoms with Crippen molar-refractivity contribution in [3.63, 3.8) is 0 Å². The van der Waals surface area contributed by atoms with Gasteiger partial charge in [0.2, 0.25) is 0 Å². The van der Waals surface area contributed by atoms with Gasteiger partial charge in [-0.15, -0.1) is 0 Å². The fourth-order valence-corrected chi connectivity index (χ4v) is 11.6. The molecule has 3 unspecified atom stereocenters. The zero-order valence-electron chi connectivity index (χ0n) is 55.6. The van der Waals surface area contributed by atoms with E-state index in [1.807, 2.05) is 0 Å². The van der Waals surface area contributed by atoms with Crippen LogP contribution < -0.4 is 0 Å². The van der Waals surface area contributed by atoms with Gasteiger partial charge in [-0.2, -0.15) is 0 Å². The highest BCUT2D eigenvalue weighted by molar-refractivity contribution is 7.47. The topological polar surface area (TPSA) is 237 Å². The van der Waals surface area contributed by atoms with Gasteiger partial charge in [0, 0.05) is 25.7 Å². The Labute approximate surface area is 524 Å². The maximum atomic E-state index is 13.0. The van der Waals surface area contributed by atoms with Crippen molar-refractivity contribution in [1.29, 1.82) is 0 Å². The van der Waals surface area contributed by atoms with E-state index in [2.05, 4.69) is 41.5 Å². The Kier molecular flexibility index (Phi) is 58.0. The van der Waals surface area contributed by atoms with Crippen LogP contribution in [0.2, 0.25) is 0 Å². The monoisotopic (exact) mass is 1270 g/mol. The molecule has 0 radical (unpaired) electrons. The first-order valence-corrected chi connectivity index (χ1v) is 38.0. The molecular weight excluding hydrogens is 1140 g/mol. The minimum Gasteiger partial charge on any atom is -0.462 e. The van der Waals surface area contributed by atoms with Crippen LogP contribution >= 0.6 is 15.6 Å². The van der Waals surface area contributed by atoms with Gasteiger partial charge in [-0.3, -0.25) is 37.3 Å². The van der Waals surface area contributed by atoms with E-state index in [9.17, 15) is 43.2 Å². The molecule has 0 saturated heterocycles. The van der Waals surface area contributed by atoms with Crippen LogP contribution in [0.5, 0.6) is 0 Å². The van der Waals surface area contributed by atoms with Gasteiger partial charge in [-0.1, -0.05) is 286 Å². The Morgan fingerprint density at radius 1 is 0.337 bits per heavy atom. The van der Waals surface area contributed by atoms with Crippen LogP contribution in [0.15, 0.2) is 0 Å². The molecular formula is C67H130O17P2. The van der Waals surface area contributed by atoms with Gasteiger partial charge in [0.15, 0.2) is 12.2 Å². The average molecular weight is 1270 g/mol. The standard InChI is InChI=1S/C67H130O17P2/c1-7-10-12-14-15-16-27-33-39-45-51-66(71)83-62(55-77-64(69)49-43-35-13-11-8-2)57-81-85(73,74)79-53-61(68)54-80-86(75,76)82-58-63(56-78-65(70)50-44-38-32-28-24-23-26-31-37-42-48-60(6)9-3)84-67(72)52-46-40-34-29-22-20-18-17-19-21-25-30-36-41-47-59(4)5/h59-63,68H,7-58H2,1-6H3,(H,73,74)(H,75,76)/t60?,61-,62+,63+/m0/s1. The molecule has 0 spiro atoms.